The van der Waals surface area contributed by atoms with Crippen LogP contribution in [0.5, 0.6) is 0 Å². The Hall–Kier alpha value is -2.02. The fourth-order valence-corrected chi connectivity index (χ4v) is 3.89. The highest BCUT2D eigenvalue weighted by Crippen LogP contribution is 2.28. The Bertz CT molecular complexity index is 826. The van der Waals surface area contributed by atoms with Crippen molar-refractivity contribution in [3.05, 3.63) is 64.0 Å². The Labute approximate surface area is 155 Å². The number of aromatic nitrogens is 1. The van der Waals surface area contributed by atoms with Crippen LogP contribution in [0.1, 0.15) is 34.6 Å². The van der Waals surface area contributed by atoms with Crippen LogP contribution >= 0.6 is 22.7 Å². The van der Waals surface area contributed by atoms with Crippen LogP contribution in [-0.4, -0.2) is 17.0 Å². The highest BCUT2D eigenvalue weighted by molar-refractivity contribution is 7.21. The van der Waals surface area contributed by atoms with E-state index in [1.807, 2.05) is 49.6 Å². The average Bonchev–Trinajstić information content (AvgIpc) is 3.29. The Morgan fingerprint density at radius 3 is 2.84 bits per heavy atom. The summed E-state index contributed by atoms with van der Waals surface area (Å²) < 4.78 is 5.62. The lowest BCUT2D eigenvalue weighted by Gasteiger charge is -2.09. The summed E-state index contributed by atoms with van der Waals surface area (Å²) in [7, 11) is 0. The number of carbonyl (C=O) groups excluding carboxylic acids is 1. The summed E-state index contributed by atoms with van der Waals surface area (Å²) in [6, 6.07) is 12.1. The van der Waals surface area contributed by atoms with Gasteiger partial charge in [-0.3, -0.25) is 4.79 Å². The summed E-state index contributed by atoms with van der Waals surface area (Å²) in [5, 5.41) is 5.85. The molecule has 3 rings (SSSR count). The molecule has 2 aromatic heterocycles. The molecule has 1 amide bonds. The Kier molecular flexibility index (Phi) is 5.96. The number of hydrogen-bond donors (Lipinski definition) is 1. The maximum absolute atomic E-state index is 12.3. The third-order valence-electron chi connectivity index (χ3n) is 3.49. The third kappa shape index (κ3) is 4.98. The van der Waals surface area contributed by atoms with Gasteiger partial charge in [-0.05, 0) is 36.4 Å². The average molecular weight is 373 g/mol. The third-order valence-corrected chi connectivity index (χ3v) is 5.52. The summed E-state index contributed by atoms with van der Waals surface area (Å²) in [6.45, 7) is 5.10. The number of ether oxygens (including phenoxy) is 1. The lowest BCUT2D eigenvalue weighted by atomic mass is 10.1. The van der Waals surface area contributed by atoms with Crippen molar-refractivity contribution in [2.45, 2.75) is 33.1 Å². The van der Waals surface area contributed by atoms with E-state index in [0.29, 0.717) is 18.0 Å². The van der Waals surface area contributed by atoms with Gasteiger partial charge in [-0.1, -0.05) is 30.3 Å². The van der Waals surface area contributed by atoms with Gasteiger partial charge >= 0.3 is 0 Å². The van der Waals surface area contributed by atoms with Crippen molar-refractivity contribution in [1.82, 2.24) is 10.3 Å². The number of nitrogens with one attached hydrogen (secondary N) is 1. The van der Waals surface area contributed by atoms with Crippen LogP contribution < -0.4 is 5.32 Å². The van der Waals surface area contributed by atoms with Crippen molar-refractivity contribution in [3.63, 3.8) is 0 Å². The molecule has 6 heteroatoms. The van der Waals surface area contributed by atoms with Gasteiger partial charge in [0.1, 0.15) is 9.88 Å². The lowest BCUT2D eigenvalue weighted by molar-refractivity contribution is 0.0657. The fourth-order valence-electron chi connectivity index (χ4n) is 2.25. The number of benzene rings is 1. The maximum Gasteiger partial charge on any atom is 0.263 e. The van der Waals surface area contributed by atoms with E-state index in [2.05, 4.69) is 16.4 Å². The minimum Gasteiger partial charge on any atom is -0.374 e. The second-order valence-corrected chi connectivity index (χ2v) is 7.85. The number of nitrogens with zero attached hydrogens (tertiary/aromatic N) is 1. The first-order valence-corrected chi connectivity index (χ1v) is 9.79. The molecule has 0 aliphatic heterocycles. The SMILES string of the molecule is CC(C)OCc1cccc(CNC(=O)c2cnc(-c3cccs3)s2)c1. The summed E-state index contributed by atoms with van der Waals surface area (Å²) in [5.41, 5.74) is 2.17. The van der Waals surface area contributed by atoms with Crippen molar-refractivity contribution < 1.29 is 9.53 Å². The van der Waals surface area contributed by atoms with Gasteiger partial charge in [-0.15, -0.1) is 22.7 Å². The van der Waals surface area contributed by atoms with E-state index in [1.165, 1.54) is 11.3 Å². The van der Waals surface area contributed by atoms with E-state index in [4.69, 9.17) is 4.74 Å². The van der Waals surface area contributed by atoms with Crippen LogP contribution in [0, 0.1) is 0 Å². The smallest absolute Gasteiger partial charge is 0.263 e. The van der Waals surface area contributed by atoms with Gasteiger partial charge in [-0.25, -0.2) is 4.98 Å². The van der Waals surface area contributed by atoms with E-state index in [-0.39, 0.29) is 12.0 Å². The zero-order valence-corrected chi connectivity index (χ0v) is 15.8. The number of thiazole rings is 1. The molecule has 0 bridgehead atoms. The van der Waals surface area contributed by atoms with Gasteiger partial charge in [0, 0.05) is 6.54 Å². The van der Waals surface area contributed by atoms with Crippen LogP contribution in [0.25, 0.3) is 9.88 Å². The molecular weight excluding hydrogens is 352 g/mol. The highest BCUT2D eigenvalue weighted by Gasteiger charge is 2.12. The quantitative estimate of drug-likeness (QED) is 0.652. The predicted molar refractivity (Wildman–Crippen MR) is 103 cm³/mol. The number of hydrogen-bond acceptors (Lipinski definition) is 5. The van der Waals surface area contributed by atoms with Crippen molar-refractivity contribution in [2.24, 2.45) is 0 Å². The molecule has 0 unspecified atom stereocenters. The summed E-state index contributed by atoms with van der Waals surface area (Å²) in [5.74, 6) is -0.0934. The lowest BCUT2D eigenvalue weighted by Crippen LogP contribution is -2.21. The molecule has 130 valence electrons. The minimum atomic E-state index is -0.0934. The van der Waals surface area contributed by atoms with Crippen molar-refractivity contribution in [1.29, 1.82) is 0 Å². The topological polar surface area (TPSA) is 51.2 Å². The minimum absolute atomic E-state index is 0.0934. The van der Waals surface area contributed by atoms with Gasteiger partial charge in [0.2, 0.25) is 0 Å². The van der Waals surface area contributed by atoms with Crippen LogP contribution in [0.15, 0.2) is 48.0 Å². The van der Waals surface area contributed by atoms with Crippen molar-refractivity contribution in [2.75, 3.05) is 0 Å². The molecular formula is C19H20N2O2S2. The molecule has 3 aromatic rings. The van der Waals surface area contributed by atoms with Gasteiger partial charge in [0.15, 0.2) is 0 Å². The molecule has 0 saturated carbocycles. The molecule has 1 aromatic carbocycles. The fraction of sp³-hybridized carbons (Fsp3) is 0.263. The van der Waals surface area contributed by atoms with Crippen molar-refractivity contribution >= 4 is 28.6 Å². The Morgan fingerprint density at radius 2 is 2.08 bits per heavy atom. The maximum atomic E-state index is 12.3. The number of amides is 1. The number of rotatable bonds is 7. The summed E-state index contributed by atoms with van der Waals surface area (Å²) in [4.78, 5) is 18.4. The second kappa shape index (κ2) is 8.38. The summed E-state index contributed by atoms with van der Waals surface area (Å²) in [6.07, 6.45) is 1.84. The molecule has 0 saturated heterocycles. The first kappa shape index (κ1) is 17.8. The first-order valence-electron chi connectivity index (χ1n) is 8.09. The van der Waals surface area contributed by atoms with E-state index in [1.54, 1.807) is 17.5 Å². The zero-order chi connectivity index (χ0) is 17.6. The molecule has 0 aliphatic rings. The van der Waals surface area contributed by atoms with Crippen molar-refractivity contribution in [3.8, 4) is 9.88 Å². The molecule has 0 fully saturated rings. The van der Waals surface area contributed by atoms with E-state index >= 15 is 0 Å². The molecule has 4 nitrogen and oxygen atoms in total. The largest absolute Gasteiger partial charge is 0.374 e. The van der Waals surface area contributed by atoms with Crippen LogP contribution in [0.4, 0.5) is 0 Å². The molecule has 25 heavy (non-hydrogen) atoms. The molecule has 2 heterocycles. The van der Waals surface area contributed by atoms with Crippen LogP contribution in [0.2, 0.25) is 0 Å². The van der Waals surface area contributed by atoms with Gasteiger partial charge in [0.05, 0.1) is 23.8 Å². The molecule has 0 atom stereocenters. The highest BCUT2D eigenvalue weighted by atomic mass is 32.1. The summed E-state index contributed by atoms with van der Waals surface area (Å²) >= 11 is 3.04. The predicted octanol–water partition coefficient (Wildman–Crippen LogP) is 4.73. The Balaban J connectivity index is 1.58. The molecule has 0 spiro atoms. The first-order chi connectivity index (χ1) is 12.1. The monoisotopic (exact) mass is 372 g/mol. The van der Waals surface area contributed by atoms with E-state index in [9.17, 15) is 4.79 Å². The van der Waals surface area contributed by atoms with E-state index < -0.39 is 0 Å². The Morgan fingerprint density at radius 1 is 1.24 bits per heavy atom. The molecule has 1 N–H and O–H groups in total. The van der Waals surface area contributed by atoms with Crippen LogP contribution in [0.3, 0.4) is 0 Å². The normalized spacial score (nSPS) is 11.0. The van der Waals surface area contributed by atoms with E-state index in [0.717, 1.165) is 21.0 Å². The molecule has 0 aliphatic carbocycles. The number of carbonyl (C=O) groups is 1. The molecule has 0 radical (unpaired) electrons. The van der Waals surface area contributed by atoms with Gasteiger partial charge < -0.3 is 10.1 Å². The standard InChI is InChI=1S/C19H20N2O2S2/c1-13(2)23-12-15-6-3-5-14(9-15)10-20-18(22)17-11-21-19(25-17)16-7-4-8-24-16/h3-9,11,13H,10,12H2,1-2H3,(H,20,22). The zero-order valence-electron chi connectivity index (χ0n) is 14.2. The number of thiophene rings is 1. The van der Waals surface area contributed by atoms with Crippen LogP contribution in [-0.2, 0) is 17.9 Å². The van der Waals surface area contributed by atoms with Gasteiger partial charge in [0.25, 0.3) is 5.91 Å². The van der Waals surface area contributed by atoms with Gasteiger partial charge in [-0.2, -0.15) is 0 Å². The second-order valence-electron chi connectivity index (χ2n) is 5.87.